The van der Waals surface area contributed by atoms with Gasteiger partial charge >= 0.3 is 0 Å². The topological polar surface area (TPSA) is 44.5 Å². The highest BCUT2D eigenvalue weighted by molar-refractivity contribution is 5.83. The zero-order chi connectivity index (χ0) is 9.38. The number of aromatic amines is 2. The number of H-pyrrole nitrogens is 2. The van der Waals surface area contributed by atoms with E-state index in [2.05, 4.69) is 39.2 Å². The maximum atomic E-state index is 4.21. The van der Waals surface area contributed by atoms with Crippen molar-refractivity contribution in [1.29, 1.82) is 0 Å². The quantitative estimate of drug-likeness (QED) is 0.598. The minimum atomic E-state index is 0.910. The Morgan fingerprint density at radius 1 is 1.00 bits per heavy atom. The van der Waals surface area contributed by atoms with Gasteiger partial charge in [0.05, 0.1) is 0 Å². The van der Waals surface area contributed by atoms with E-state index in [1.807, 2.05) is 12.4 Å². The van der Waals surface area contributed by atoms with Gasteiger partial charge in [0.2, 0.25) is 0 Å². The minimum Gasteiger partial charge on any atom is -0.361 e. The molecule has 0 spiro atoms. The molecule has 0 saturated carbocycles. The van der Waals surface area contributed by atoms with Crippen LogP contribution in [0.2, 0.25) is 0 Å². The van der Waals surface area contributed by atoms with E-state index in [4.69, 9.17) is 0 Å². The van der Waals surface area contributed by atoms with Gasteiger partial charge in [-0.05, 0) is 24.3 Å². The summed E-state index contributed by atoms with van der Waals surface area (Å²) in [6.07, 6.45) is 5.53. The fraction of sp³-hybridized carbons (Fsp3) is 0. The molecule has 1 aromatic carbocycles. The molecule has 2 N–H and O–H groups in total. The second-order valence-electron chi connectivity index (χ2n) is 3.22. The fourth-order valence-electron chi connectivity index (χ4n) is 1.62. The zero-order valence-electron chi connectivity index (χ0n) is 7.49. The van der Waals surface area contributed by atoms with Crippen LogP contribution in [0.1, 0.15) is 0 Å². The molecule has 0 aliphatic rings. The van der Waals surface area contributed by atoms with Gasteiger partial charge in [-0.25, -0.2) is 4.98 Å². The van der Waals surface area contributed by atoms with Crippen LogP contribution >= 0.6 is 0 Å². The molecule has 0 fully saturated rings. The van der Waals surface area contributed by atoms with Crippen molar-refractivity contribution in [2.24, 2.45) is 0 Å². The Balaban J connectivity index is 2.23. The molecule has 0 aliphatic carbocycles. The molecular formula is C11H9N3. The molecule has 68 valence electrons. The van der Waals surface area contributed by atoms with Crippen molar-refractivity contribution >= 4 is 10.9 Å². The molecule has 0 bridgehead atoms. The number of nitrogens with zero attached hydrogens (tertiary/aromatic N) is 1. The number of aromatic nitrogens is 3. The lowest BCUT2D eigenvalue weighted by molar-refractivity contribution is 1.31. The highest BCUT2D eigenvalue weighted by Crippen LogP contribution is 2.20. The third-order valence-electron chi connectivity index (χ3n) is 2.32. The summed E-state index contributed by atoms with van der Waals surface area (Å²) >= 11 is 0. The highest BCUT2D eigenvalue weighted by atomic mass is 14.9. The fourth-order valence-corrected chi connectivity index (χ4v) is 1.62. The van der Waals surface area contributed by atoms with Gasteiger partial charge in [0.1, 0.15) is 5.82 Å². The summed E-state index contributed by atoms with van der Waals surface area (Å²) in [5.74, 6) is 0.910. The molecule has 3 nitrogen and oxygen atoms in total. The normalized spacial score (nSPS) is 10.9. The minimum absolute atomic E-state index is 0.910. The molecule has 0 aliphatic heterocycles. The van der Waals surface area contributed by atoms with Gasteiger partial charge in [0, 0.05) is 35.1 Å². The van der Waals surface area contributed by atoms with Crippen molar-refractivity contribution in [3.05, 3.63) is 42.9 Å². The van der Waals surface area contributed by atoms with Crippen LogP contribution in [0.15, 0.2) is 42.9 Å². The number of nitrogens with one attached hydrogen (secondary N) is 2. The van der Waals surface area contributed by atoms with E-state index in [1.165, 1.54) is 5.39 Å². The lowest BCUT2D eigenvalue weighted by atomic mass is 10.1. The Kier molecular flexibility index (Phi) is 1.44. The van der Waals surface area contributed by atoms with Gasteiger partial charge in [0.15, 0.2) is 0 Å². The zero-order valence-corrected chi connectivity index (χ0v) is 7.49. The second kappa shape index (κ2) is 2.73. The summed E-state index contributed by atoms with van der Waals surface area (Å²) in [4.78, 5) is 10.5. The first-order valence-electron chi connectivity index (χ1n) is 4.50. The van der Waals surface area contributed by atoms with Crippen molar-refractivity contribution in [3.63, 3.8) is 0 Å². The highest BCUT2D eigenvalue weighted by Gasteiger charge is 2.00. The summed E-state index contributed by atoms with van der Waals surface area (Å²) in [7, 11) is 0. The van der Waals surface area contributed by atoms with Gasteiger partial charge in [-0.15, -0.1) is 0 Å². The number of hydrogen-bond acceptors (Lipinski definition) is 1. The lowest BCUT2D eigenvalue weighted by Crippen LogP contribution is -1.79. The summed E-state index contributed by atoms with van der Waals surface area (Å²) < 4.78 is 0. The Bertz CT molecular complexity index is 549. The second-order valence-corrected chi connectivity index (χ2v) is 3.22. The van der Waals surface area contributed by atoms with E-state index in [9.17, 15) is 0 Å². The maximum Gasteiger partial charge on any atom is 0.137 e. The monoisotopic (exact) mass is 183 g/mol. The number of hydrogen-bond donors (Lipinski definition) is 2. The molecule has 2 aromatic heterocycles. The first-order chi connectivity index (χ1) is 6.93. The molecule has 2 heterocycles. The predicted molar refractivity (Wildman–Crippen MR) is 55.9 cm³/mol. The van der Waals surface area contributed by atoms with Crippen LogP contribution < -0.4 is 0 Å². The van der Waals surface area contributed by atoms with Crippen LogP contribution in [0, 0.1) is 0 Å². The largest absolute Gasteiger partial charge is 0.361 e. The van der Waals surface area contributed by atoms with E-state index in [0.717, 1.165) is 16.9 Å². The van der Waals surface area contributed by atoms with E-state index in [-0.39, 0.29) is 0 Å². The molecule has 14 heavy (non-hydrogen) atoms. The van der Waals surface area contributed by atoms with Crippen LogP contribution in [0.4, 0.5) is 0 Å². The molecule has 0 saturated heterocycles. The first-order valence-corrected chi connectivity index (χ1v) is 4.50. The number of imidazole rings is 1. The van der Waals surface area contributed by atoms with E-state index in [0.29, 0.717) is 0 Å². The van der Waals surface area contributed by atoms with Crippen molar-refractivity contribution < 1.29 is 0 Å². The van der Waals surface area contributed by atoms with Crippen LogP contribution in [-0.2, 0) is 0 Å². The van der Waals surface area contributed by atoms with Crippen molar-refractivity contribution in [3.8, 4) is 11.4 Å². The van der Waals surface area contributed by atoms with Crippen molar-refractivity contribution in [2.45, 2.75) is 0 Å². The van der Waals surface area contributed by atoms with Crippen LogP contribution in [0.5, 0.6) is 0 Å². The van der Waals surface area contributed by atoms with Gasteiger partial charge in [0.25, 0.3) is 0 Å². The Morgan fingerprint density at radius 2 is 2.00 bits per heavy atom. The molecule has 0 atom stereocenters. The Morgan fingerprint density at radius 3 is 2.86 bits per heavy atom. The summed E-state index contributed by atoms with van der Waals surface area (Å²) in [5, 5.41) is 1.21. The Hall–Kier alpha value is -2.03. The van der Waals surface area contributed by atoms with Crippen LogP contribution in [-0.4, -0.2) is 15.0 Å². The molecule has 0 unspecified atom stereocenters. The molecule has 3 aromatic rings. The summed E-state index contributed by atoms with van der Waals surface area (Å²) in [5.41, 5.74) is 2.27. The molecule has 3 rings (SSSR count). The van der Waals surface area contributed by atoms with E-state index >= 15 is 0 Å². The van der Waals surface area contributed by atoms with Crippen LogP contribution in [0.25, 0.3) is 22.3 Å². The summed E-state index contributed by atoms with van der Waals surface area (Å²) in [6, 6.07) is 8.29. The number of fused-ring (bicyclic) bond motifs is 1. The van der Waals surface area contributed by atoms with Crippen LogP contribution in [0.3, 0.4) is 0 Å². The molecule has 0 radical (unpaired) electrons. The predicted octanol–water partition coefficient (Wildman–Crippen LogP) is 2.56. The van der Waals surface area contributed by atoms with Gasteiger partial charge in [-0.1, -0.05) is 0 Å². The lowest BCUT2D eigenvalue weighted by Gasteiger charge is -1.96. The number of rotatable bonds is 1. The molecule has 3 heteroatoms. The third-order valence-corrected chi connectivity index (χ3v) is 2.32. The van der Waals surface area contributed by atoms with Gasteiger partial charge < -0.3 is 9.97 Å². The van der Waals surface area contributed by atoms with E-state index in [1.54, 1.807) is 6.20 Å². The molecule has 0 amide bonds. The maximum absolute atomic E-state index is 4.21. The standard InChI is InChI=1S/C11H9N3/c1-2-10-8(3-4-12-10)7-9(1)11-13-5-6-14-11/h1-7,12H,(H,13,14). The average Bonchev–Trinajstić information content (AvgIpc) is 2.88. The van der Waals surface area contributed by atoms with Crippen molar-refractivity contribution in [2.75, 3.05) is 0 Å². The third kappa shape index (κ3) is 1.03. The Labute approximate surface area is 80.8 Å². The van der Waals surface area contributed by atoms with Gasteiger partial charge in [-0.3, -0.25) is 0 Å². The molecular weight excluding hydrogens is 174 g/mol. The SMILES string of the molecule is c1c[nH]c(-c2ccc3[nH]ccc3c2)n1. The van der Waals surface area contributed by atoms with Gasteiger partial charge in [-0.2, -0.15) is 0 Å². The average molecular weight is 183 g/mol. The first kappa shape index (κ1) is 7.38. The smallest absolute Gasteiger partial charge is 0.137 e. The van der Waals surface area contributed by atoms with E-state index < -0.39 is 0 Å². The number of benzene rings is 1. The van der Waals surface area contributed by atoms with Crippen molar-refractivity contribution in [1.82, 2.24) is 15.0 Å². The summed E-state index contributed by atoms with van der Waals surface area (Å²) in [6.45, 7) is 0.